The molecule has 2 bridgehead atoms. The first-order valence-electron chi connectivity index (χ1n) is 6.66. The molecule has 108 valence electrons. The van der Waals surface area contributed by atoms with Crippen molar-refractivity contribution in [2.45, 2.75) is 32.5 Å². The number of hydrogen-bond acceptors (Lipinski definition) is 5. The molecule has 0 aromatic carbocycles. The summed E-state index contributed by atoms with van der Waals surface area (Å²) in [4.78, 5) is 35.4. The molecule has 0 aliphatic carbocycles. The predicted octanol–water partition coefficient (Wildman–Crippen LogP) is 0.172. The first-order valence-corrected chi connectivity index (χ1v) is 6.66. The highest BCUT2D eigenvalue weighted by atomic mass is 16.6. The average molecular weight is 279 g/mol. The number of nitrogens with one attached hydrogen (secondary N) is 1. The number of carbonyl (C=O) groups is 3. The minimum Gasteiger partial charge on any atom is -0.393 e. The van der Waals surface area contributed by atoms with Crippen LogP contribution < -0.4 is 5.32 Å². The molecule has 4 atom stereocenters. The summed E-state index contributed by atoms with van der Waals surface area (Å²) < 4.78 is 10.5. The lowest BCUT2D eigenvalue weighted by molar-refractivity contribution is -0.158. The van der Waals surface area contributed by atoms with Crippen molar-refractivity contribution in [1.29, 1.82) is 0 Å². The van der Waals surface area contributed by atoms with E-state index < -0.39 is 40.9 Å². The van der Waals surface area contributed by atoms with Gasteiger partial charge < -0.3 is 14.8 Å². The highest BCUT2D eigenvalue weighted by Gasteiger charge is 2.67. The van der Waals surface area contributed by atoms with Crippen LogP contribution in [0.2, 0.25) is 0 Å². The largest absolute Gasteiger partial charge is 0.393 e. The lowest BCUT2D eigenvalue weighted by Crippen LogP contribution is -2.49. The second-order valence-electron chi connectivity index (χ2n) is 6.57. The van der Waals surface area contributed by atoms with E-state index in [0.29, 0.717) is 0 Å². The molecule has 0 aromatic rings. The van der Waals surface area contributed by atoms with E-state index in [9.17, 15) is 14.4 Å². The smallest absolute Gasteiger partial charge is 0.320 e. The Labute approximate surface area is 116 Å². The summed E-state index contributed by atoms with van der Waals surface area (Å²) in [6.07, 6.45) is 3.11. The molecule has 0 radical (unpaired) electrons. The van der Waals surface area contributed by atoms with Crippen LogP contribution in [0.5, 0.6) is 0 Å². The Morgan fingerprint density at radius 1 is 1.35 bits per heavy atom. The molecular formula is C14H17NO5. The number of ether oxygens (including phenoxy) is 2. The van der Waals surface area contributed by atoms with Crippen LogP contribution in [0.3, 0.4) is 0 Å². The maximum absolute atomic E-state index is 12.0. The number of amides is 1. The topological polar surface area (TPSA) is 81.7 Å². The number of esters is 2. The highest BCUT2D eigenvalue weighted by Crippen LogP contribution is 2.50. The third-order valence-electron chi connectivity index (χ3n) is 4.10. The van der Waals surface area contributed by atoms with Gasteiger partial charge >= 0.3 is 11.9 Å². The lowest BCUT2D eigenvalue weighted by Gasteiger charge is -2.29. The van der Waals surface area contributed by atoms with Crippen LogP contribution >= 0.6 is 0 Å². The van der Waals surface area contributed by atoms with Gasteiger partial charge in [-0.15, -0.1) is 0 Å². The molecule has 2 fully saturated rings. The van der Waals surface area contributed by atoms with Gasteiger partial charge in [-0.3, -0.25) is 14.4 Å². The van der Waals surface area contributed by atoms with Gasteiger partial charge in [-0.2, -0.15) is 0 Å². The monoisotopic (exact) mass is 279 g/mol. The lowest BCUT2D eigenvalue weighted by atomic mass is 9.76. The molecule has 3 heterocycles. The van der Waals surface area contributed by atoms with Crippen LogP contribution in [0.15, 0.2) is 12.2 Å². The van der Waals surface area contributed by atoms with Crippen molar-refractivity contribution in [2.75, 3.05) is 6.54 Å². The Bertz CT molecular complexity index is 532. The number of hydrogen-bond donors (Lipinski definition) is 1. The molecule has 1 N–H and O–H groups in total. The van der Waals surface area contributed by atoms with Gasteiger partial charge in [0, 0.05) is 5.41 Å². The molecule has 6 heteroatoms. The summed E-state index contributed by atoms with van der Waals surface area (Å²) >= 11 is 0. The van der Waals surface area contributed by atoms with Gasteiger partial charge in [0.25, 0.3) is 0 Å². The molecule has 0 spiro atoms. The van der Waals surface area contributed by atoms with Crippen molar-refractivity contribution in [1.82, 2.24) is 5.32 Å². The Balaban J connectivity index is 1.80. The summed E-state index contributed by atoms with van der Waals surface area (Å²) in [6.45, 7) is 5.58. The van der Waals surface area contributed by atoms with Gasteiger partial charge in [0.15, 0.2) is 0 Å². The first-order chi connectivity index (χ1) is 9.24. The van der Waals surface area contributed by atoms with Crippen LogP contribution in [0.4, 0.5) is 0 Å². The quantitative estimate of drug-likeness (QED) is 0.443. The van der Waals surface area contributed by atoms with E-state index >= 15 is 0 Å². The Hall–Kier alpha value is -1.69. The molecule has 3 rings (SSSR count). The molecule has 0 aromatic heterocycles. The van der Waals surface area contributed by atoms with Crippen LogP contribution in [-0.4, -0.2) is 36.1 Å². The molecule has 0 saturated carbocycles. The third-order valence-corrected chi connectivity index (χ3v) is 4.10. The van der Waals surface area contributed by atoms with Crippen molar-refractivity contribution in [3.8, 4) is 0 Å². The summed E-state index contributed by atoms with van der Waals surface area (Å²) in [5.74, 6) is -2.44. The average Bonchev–Trinajstić information content (AvgIpc) is 2.97. The zero-order valence-electron chi connectivity index (χ0n) is 11.6. The molecule has 4 unspecified atom stereocenters. The fourth-order valence-electron chi connectivity index (χ4n) is 2.99. The highest BCUT2D eigenvalue weighted by molar-refractivity contribution is 5.99. The van der Waals surface area contributed by atoms with Crippen LogP contribution in [0.1, 0.15) is 20.8 Å². The van der Waals surface area contributed by atoms with Crippen molar-refractivity contribution in [3.63, 3.8) is 0 Å². The Morgan fingerprint density at radius 3 is 2.70 bits per heavy atom. The summed E-state index contributed by atoms with van der Waals surface area (Å²) in [5.41, 5.74) is -1.47. The third kappa shape index (κ3) is 1.71. The standard InChI is InChI=1S/C14H17NO5/c1-13(2,3)12(18)15-6-14-5-4-7(20-14)8-9(14)11(17)19-10(8)16/h4-5,7-9H,6H2,1-3H3,(H,15,18). The SMILES string of the molecule is CC(C)(C)C(=O)NCC12C=CC(O1)C1C(=O)OC(=O)C12. The van der Waals surface area contributed by atoms with E-state index in [4.69, 9.17) is 9.47 Å². The van der Waals surface area contributed by atoms with E-state index in [-0.39, 0.29) is 12.5 Å². The van der Waals surface area contributed by atoms with Gasteiger partial charge in [0.05, 0.1) is 12.6 Å². The molecule has 1 amide bonds. The van der Waals surface area contributed by atoms with E-state index in [0.717, 1.165) is 0 Å². The first kappa shape index (κ1) is 13.3. The molecule has 6 nitrogen and oxygen atoms in total. The summed E-state index contributed by atoms with van der Waals surface area (Å²) in [6, 6.07) is 0. The van der Waals surface area contributed by atoms with Gasteiger partial charge in [0.1, 0.15) is 17.4 Å². The fraction of sp³-hybridized carbons (Fsp3) is 0.643. The molecule has 3 aliphatic heterocycles. The van der Waals surface area contributed by atoms with Crippen LogP contribution in [0, 0.1) is 17.3 Å². The Morgan fingerprint density at radius 2 is 2.05 bits per heavy atom. The van der Waals surface area contributed by atoms with Crippen LogP contribution in [-0.2, 0) is 23.9 Å². The van der Waals surface area contributed by atoms with Gasteiger partial charge in [0.2, 0.25) is 5.91 Å². The normalized spacial score (nSPS) is 38.0. The Kier molecular flexibility index (Phi) is 2.60. The van der Waals surface area contributed by atoms with E-state index in [1.807, 2.05) is 0 Å². The van der Waals surface area contributed by atoms with Crippen molar-refractivity contribution >= 4 is 17.8 Å². The van der Waals surface area contributed by atoms with E-state index in [1.54, 1.807) is 32.9 Å². The summed E-state index contributed by atoms with van der Waals surface area (Å²) in [5, 5.41) is 2.80. The number of fused-ring (bicyclic) bond motifs is 5. The number of rotatable bonds is 2. The molecule has 3 aliphatic rings. The predicted molar refractivity (Wildman–Crippen MR) is 67.3 cm³/mol. The zero-order valence-corrected chi connectivity index (χ0v) is 11.6. The maximum atomic E-state index is 12.0. The minimum atomic E-state index is -0.945. The maximum Gasteiger partial charge on any atom is 0.320 e. The van der Waals surface area contributed by atoms with E-state index in [2.05, 4.69) is 5.32 Å². The zero-order chi connectivity index (χ0) is 14.7. The molecular weight excluding hydrogens is 262 g/mol. The second-order valence-corrected chi connectivity index (χ2v) is 6.57. The number of cyclic esters (lactones) is 2. The van der Waals surface area contributed by atoms with Crippen LogP contribution in [0.25, 0.3) is 0 Å². The fourth-order valence-corrected chi connectivity index (χ4v) is 2.99. The number of carbonyl (C=O) groups excluding carboxylic acids is 3. The van der Waals surface area contributed by atoms with Gasteiger partial charge in [-0.05, 0) is 0 Å². The second kappa shape index (κ2) is 3.91. The van der Waals surface area contributed by atoms with Crippen molar-refractivity contribution in [2.24, 2.45) is 17.3 Å². The van der Waals surface area contributed by atoms with E-state index in [1.165, 1.54) is 0 Å². The van der Waals surface area contributed by atoms with Crippen molar-refractivity contribution in [3.05, 3.63) is 12.2 Å². The van der Waals surface area contributed by atoms with Gasteiger partial charge in [-0.1, -0.05) is 32.9 Å². The minimum absolute atomic E-state index is 0.131. The molecule has 20 heavy (non-hydrogen) atoms. The summed E-state index contributed by atoms with van der Waals surface area (Å²) in [7, 11) is 0. The van der Waals surface area contributed by atoms with Gasteiger partial charge in [-0.25, -0.2) is 0 Å². The van der Waals surface area contributed by atoms with Crippen molar-refractivity contribution < 1.29 is 23.9 Å². The molecule has 2 saturated heterocycles.